The maximum atomic E-state index is 14.3. The molecule has 25 nitrogen and oxygen atoms in total. The first kappa shape index (κ1) is 70.8. The molecule has 3 aromatic carbocycles. The lowest BCUT2D eigenvalue weighted by molar-refractivity contribution is -0.139. The number of aromatic hydroxyl groups is 1. The zero-order valence-corrected chi connectivity index (χ0v) is 50.9. The molecule has 1 aromatic heterocycles. The van der Waals surface area contributed by atoms with E-state index in [0.717, 1.165) is 16.5 Å². The number of nitrogens with zero attached hydrogens (tertiary/aromatic N) is 1. The minimum Gasteiger partial charge on any atom is -0.508 e. The Bertz CT molecular complexity index is 3110. The number of urea groups is 1. The summed E-state index contributed by atoms with van der Waals surface area (Å²) in [6.45, 7) is 8.44. The maximum absolute atomic E-state index is 14.3. The van der Waals surface area contributed by atoms with Crippen molar-refractivity contribution in [1.82, 2.24) is 42.2 Å². The lowest BCUT2D eigenvalue weighted by Crippen LogP contribution is -2.53. The number of aromatic nitrogens is 1. The van der Waals surface area contributed by atoms with E-state index in [1.54, 1.807) is 42.6 Å². The number of para-hydroxylation sites is 1. The molecule has 0 spiro atoms. The number of aromatic amines is 1. The van der Waals surface area contributed by atoms with E-state index in [2.05, 4.69) is 47.2 Å². The van der Waals surface area contributed by atoms with E-state index in [1.165, 1.54) is 46.9 Å². The van der Waals surface area contributed by atoms with Gasteiger partial charge >= 0.3 is 6.03 Å². The third-order valence-electron chi connectivity index (χ3n) is 14.5. The summed E-state index contributed by atoms with van der Waals surface area (Å²) in [6.07, 6.45) is -1.70. The van der Waals surface area contributed by atoms with Gasteiger partial charge in [0, 0.05) is 74.2 Å². The molecule has 4 aromatic rings. The number of carbonyl (C=O) groups is 11. The molecule has 0 aliphatic carbocycles. The van der Waals surface area contributed by atoms with Crippen molar-refractivity contribution in [2.45, 2.75) is 142 Å². The molecule has 0 saturated heterocycles. The second kappa shape index (κ2) is 33.8. The van der Waals surface area contributed by atoms with Gasteiger partial charge in [0.25, 0.3) is 0 Å². The molecule has 8 atom stereocenters. The number of guanidine groups is 1. The average molecular weight is 1230 g/mol. The molecule has 0 aliphatic rings. The standard InChI is InChI=1S/C61H83ClN12O13/c1-33(2)23-45(50(78)27-38(11-10-22-67-59(65)66-7)56(84)72-49(55(64)83)26-39-31-68-44-13-9-8-12-42(39)44)74-60(87)69-32-53(81)47(25-36-14-18-40(62)19-15-36)71-57(85)43(34(3)75)28-51(79)48(29-54(63)82)73-58(86)61(5,6)30-52(80)46(70-35(4)76)24-37-16-20-41(77)21-17-37/h8-9,12-21,31,33-34,38,43,45-49,68,75,77H,10-11,22-30,32H2,1-7H3,(H2,63,82)(H2,64,83)(H,70,76)(H,71,85)(H,72,84)(H,73,86)(H3,65,66,67)(H2,69,74,87)/t34-,38-,43+,45+,46-,47+,48+,49+/m1/s1. The van der Waals surface area contributed by atoms with Crippen LogP contribution in [0.5, 0.6) is 5.75 Å². The second-order valence-electron chi connectivity index (χ2n) is 22.8. The summed E-state index contributed by atoms with van der Waals surface area (Å²) < 4.78 is 0. The number of aliphatic hydroxyl groups is 1. The molecule has 1 heterocycles. The van der Waals surface area contributed by atoms with E-state index in [9.17, 15) is 63.0 Å². The Morgan fingerprint density at radius 3 is 1.85 bits per heavy atom. The van der Waals surface area contributed by atoms with Gasteiger partial charge in [-0.3, -0.25) is 52.9 Å². The highest BCUT2D eigenvalue weighted by molar-refractivity contribution is 6.30. The number of hydrogen-bond donors (Lipinski definition) is 13. The number of Topliss-reactive ketones (excluding diaryl/α,β-unsaturated/α-hetero) is 4. The normalized spacial score (nSPS) is 14.4. The number of aliphatic hydroxyl groups excluding tert-OH is 1. The van der Waals surface area contributed by atoms with Crippen molar-refractivity contribution in [3.63, 3.8) is 0 Å². The number of phenolic OH excluding ortho intramolecular Hbond substituents is 1. The van der Waals surface area contributed by atoms with Crippen LogP contribution in [0.3, 0.4) is 0 Å². The number of primary amides is 2. The molecule has 0 saturated carbocycles. The Balaban J connectivity index is 1.49. The lowest BCUT2D eigenvalue weighted by atomic mass is 9.82. The summed E-state index contributed by atoms with van der Waals surface area (Å²) in [5.41, 5.74) is 18.2. The van der Waals surface area contributed by atoms with Gasteiger partial charge in [-0.25, -0.2) is 4.79 Å². The number of fused-ring (bicyclic) bond motifs is 1. The van der Waals surface area contributed by atoms with Gasteiger partial charge in [0.05, 0.1) is 54.6 Å². The van der Waals surface area contributed by atoms with Crippen LogP contribution in [0.25, 0.3) is 10.9 Å². The van der Waals surface area contributed by atoms with Crippen molar-refractivity contribution in [2.24, 2.45) is 45.4 Å². The van der Waals surface area contributed by atoms with E-state index in [4.69, 9.17) is 28.8 Å². The van der Waals surface area contributed by atoms with Gasteiger partial charge in [-0.05, 0) is 92.0 Å². The molecule has 0 fully saturated rings. The van der Waals surface area contributed by atoms with Crippen molar-refractivity contribution in [2.75, 3.05) is 20.1 Å². The first-order chi connectivity index (χ1) is 41.0. The van der Waals surface area contributed by atoms with E-state index in [1.807, 2.05) is 38.1 Å². The number of nitrogens with one attached hydrogen (secondary N) is 8. The zero-order valence-electron chi connectivity index (χ0n) is 50.1. The van der Waals surface area contributed by atoms with Gasteiger partial charge in [0.2, 0.25) is 35.4 Å². The number of halogens is 1. The highest BCUT2D eigenvalue weighted by atomic mass is 35.5. The second-order valence-corrected chi connectivity index (χ2v) is 23.2. The minimum absolute atomic E-state index is 0.0127. The lowest BCUT2D eigenvalue weighted by Gasteiger charge is -2.29. The fourth-order valence-electron chi connectivity index (χ4n) is 9.65. The summed E-state index contributed by atoms with van der Waals surface area (Å²) in [5, 5.41) is 40.2. The van der Waals surface area contributed by atoms with Crippen molar-refractivity contribution in [3.05, 3.63) is 101 Å². The highest BCUT2D eigenvalue weighted by Gasteiger charge is 2.39. The summed E-state index contributed by atoms with van der Waals surface area (Å²) in [7, 11) is 1.50. The van der Waals surface area contributed by atoms with Crippen molar-refractivity contribution in [3.8, 4) is 5.75 Å². The topological polar surface area (TPSA) is 419 Å². The van der Waals surface area contributed by atoms with Crippen LogP contribution in [-0.4, -0.2) is 142 Å². The monoisotopic (exact) mass is 1230 g/mol. The number of carbonyl (C=O) groups excluding carboxylic acids is 11. The van der Waals surface area contributed by atoms with Crippen LogP contribution in [-0.2, 0) is 67.2 Å². The molecule has 8 amide bonds. The smallest absolute Gasteiger partial charge is 0.315 e. The van der Waals surface area contributed by atoms with Crippen LogP contribution >= 0.6 is 11.6 Å². The molecule has 0 radical (unpaired) electrons. The molecule has 0 unspecified atom stereocenters. The summed E-state index contributed by atoms with van der Waals surface area (Å²) in [4.78, 5) is 156. The average Bonchev–Trinajstić information content (AvgIpc) is 3.73. The van der Waals surface area contributed by atoms with E-state index < -0.39 is 144 Å². The van der Waals surface area contributed by atoms with Crippen LogP contribution in [0.1, 0.15) is 103 Å². The van der Waals surface area contributed by atoms with Crippen LogP contribution < -0.4 is 54.4 Å². The van der Waals surface area contributed by atoms with Gasteiger partial charge in [0.15, 0.2) is 29.1 Å². The highest BCUT2D eigenvalue weighted by Crippen LogP contribution is 2.26. The van der Waals surface area contributed by atoms with Gasteiger partial charge < -0.3 is 69.6 Å². The molecule has 87 heavy (non-hydrogen) atoms. The Kier molecular flexibility index (Phi) is 27.5. The minimum atomic E-state index is -1.65. The van der Waals surface area contributed by atoms with Crippen molar-refractivity contribution < 1.29 is 63.0 Å². The van der Waals surface area contributed by atoms with E-state index in [0.29, 0.717) is 22.6 Å². The van der Waals surface area contributed by atoms with Gasteiger partial charge in [0.1, 0.15) is 11.8 Å². The van der Waals surface area contributed by atoms with Gasteiger partial charge in [-0.2, -0.15) is 0 Å². The third kappa shape index (κ3) is 23.6. The zero-order chi connectivity index (χ0) is 64.7. The first-order valence-corrected chi connectivity index (χ1v) is 29.0. The van der Waals surface area contributed by atoms with Crippen molar-refractivity contribution in [1.29, 1.82) is 0 Å². The van der Waals surface area contributed by atoms with Crippen LogP contribution in [0.4, 0.5) is 4.79 Å². The molecular weight excluding hydrogens is 1140 g/mol. The molecule has 26 heteroatoms. The molecule has 472 valence electrons. The Hall–Kier alpha value is -8.71. The number of nitrogens with two attached hydrogens (primary N) is 3. The fourth-order valence-corrected chi connectivity index (χ4v) is 9.78. The van der Waals surface area contributed by atoms with Gasteiger partial charge in [-0.15, -0.1) is 0 Å². The summed E-state index contributed by atoms with van der Waals surface area (Å²) in [6, 6.07) is 12.2. The van der Waals surface area contributed by atoms with Crippen LogP contribution in [0, 0.1) is 23.2 Å². The van der Waals surface area contributed by atoms with E-state index >= 15 is 0 Å². The molecule has 16 N–H and O–H groups in total. The molecule has 0 aliphatic heterocycles. The van der Waals surface area contributed by atoms with Crippen LogP contribution in [0.2, 0.25) is 5.02 Å². The number of phenols is 1. The van der Waals surface area contributed by atoms with Gasteiger partial charge in [-0.1, -0.05) is 81.8 Å². The SMILES string of the molecule is CN=C(N)NCCC[C@H](CC(=O)[C@H](CC(C)C)NC(=O)NCC(=O)[C@H](Cc1ccc(Cl)cc1)NC(=O)[C@@H](CC(=O)[C@H](CC(N)=O)NC(=O)C(C)(C)CC(=O)[C@@H](Cc1ccc(O)cc1)NC(C)=O)[C@@H](C)O)C(=O)N[C@@H](Cc1c[nH]c2ccccc12)C(N)=O. The Morgan fingerprint density at radius 2 is 1.26 bits per heavy atom. The number of ketones is 4. The molecule has 4 rings (SSSR count). The molecular formula is C61H83ClN12O13. The summed E-state index contributed by atoms with van der Waals surface area (Å²) in [5.74, 6) is -10.2. The number of H-pyrrole nitrogens is 1. The maximum Gasteiger partial charge on any atom is 0.315 e. The largest absolute Gasteiger partial charge is 0.508 e. The quantitative estimate of drug-likeness (QED) is 0.0176. The first-order valence-electron chi connectivity index (χ1n) is 28.6. The summed E-state index contributed by atoms with van der Waals surface area (Å²) >= 11 is 6.14. The Morgan fingerprint density at radius 1 is 0.667 bits per heavy atom. The predicted octanol–water partition coefficient (Wildman–Crippen LogP) is 1.99. The van der Waals surface area contributed by atoms with Crippen LogP contribution in [0.15, 0.2) is 84.0 Å². The fraction of sp³-hybridized carbons (Fsp3) is 0.475. The number of aliphatic imine (C=N–C) groups is 1. The number of rotatable bonds is 36. The third-order valence-corrected chi connectivity index (χ3v) is 14.8. The number of amides is 8. The van der Waals surface area contributed by atoms with E-state index in [-0.39, 0.29) is 62.7 Å². The Labute approximate surface area is 510 Å². The number of benzene rings is 3. The predicted molar refractivity (Wildman–Crippen MR) is 326 cm³/mol. The van der Waals surface area contributed by atoms with Crippen molar-refractivity contribution >= 4 is 93.1 Å². The molecule has 0 bridgehead atoms. The number of hydrogen-bond acceptors (Lipinski definition) is 14.